The van der Waals surface area contributed by atoms with Crippen LogP contribution < -0.4 is 10.6 Å². The maximum absolute atomic E-state index is 2.47. The first kappa shape index (κ1) is 38.8. The van der Waals surface area contributed by atoms with Gasteiger partial charge in [-0.1, -0.05) is 222 Å². The van der Waals surface area contributed by atoms with E-state index in [1.807, 2.05) is 0 Å². The minimum absolute atomic E-state index is 0.463. The molecule has 2 aliphatic rings. The van der Waals surface area contributed by atoms with E-state index < -0.39 is 15.8 Å². The molecule has 2 heterocycles. The molecule has 0 amide bonds. The average molecular weight is 811 g/mol. The molecule has 0 aromatic heterocycles. The minimum atomic E-state index is -0.555. The fourth-order valence-corrected chi connectivity index (χ4v) is 17.6. The van der Waals surface area contributed by atoms with Gasteiger partial charge in [0.05, 0.1) is 0 Å². The van der Waals surface area contributed by atoms with Gasteiger partial charge in [0.25, 0.3) is 0 Å². The monoisotopic (exact) mass is 810 g/mol. The second-order valence-electron chi connectivity index (χ2n) is 16.9. The number of aryl methyl sites for hydroxylation is 2. The maximum atomic E-state index is 2.47. The summed E-state index contributed by atoms with van der Waals surface area (Å²) in [5.41, 5.74) is 17.2. The second kappa shape index (κ2) is 17.3. The molecule has 0 saturated carbocycles. The summed E-state index contributed by atoms with van der Waals surface area (Å²) in [7, 11) is -1.11. The molecular formula is C58H52P2. The molecule has 10 rings (SSSR count). The summed E-state index contributed by atoms with van der Waals surface area (Å²) in [5, 5.41) is 3.22. The lowest BCUT2D eigenvalue weighted by Crippen LogP contribution is -2.20. The van der Waals surface area contributed by atoms with Gasteiger partial charge in [0.15, 0.2) is 0 Å². The SMILES string of the molecule is Cc1ccc(-c2ccccc2)c(P2CC(c3ccccc3)C(c3ccccc3)C2)c1-c1c(C)ccc(-c2ccccc2)c1P1CC(c2ccccc2)C(c2ccccc2)C1. The van der Waals surface area contributed by atoms with E-state index in [1.54, 1.807) is 10.6 Å². The highest BCUT2D eigenvalue weighted by Crippen LogP contribution is 2.61. The molecule has 294 valence electrons. The Hall–Kier alpha value is -5.38. The molecule has 2 saturated heterocycles. The van der Waals surface area contributed by atoms with Crippen LogP contribution in [0.25, 0.3) is 33.4 Å². The van der Waals surface area contributed by atoms with Crippen LogP contribution in [0.3, 0.4) is 0 Å². The number of hydrogen-bond acceptors (Lipinski definition) is 0. The number of hydrogen-bond donors (Lipinski definition) is 0. The first-order valence-corrected chi connectivity index (χ1v) is 25.1. The molecule has 0 N–H and O–H groups in total. The number of benzene rings is 8. The highest BCUT2D eigenvalue weighted by molar-refractivity contribution is 7.67. The molecule has 4 atom stereocenters. The van der Waals surface area contributed by atoms with Gasteiger partial charge in [0.1, 0.15) is 0 Å². The van der Waals surface area contributed by atoms with Gasteiger partial charge in [0, 0.05) is 0 Å². The average Bonchev–Trinajstić information content (AvgIpc) is 3.97. The molecule has 0 aliphatic carbocycles. The predicted molar refractivity (Wildman–Crippen MR) is 262 cm³/mol. The summed E-state index contributed by atoms with van der Waals surface area (Å²) in [6.07, 6.45) is 4.73. The normalized spacial score (nSPS) is 21.2. The van der Waals surface area contributed by atoms with Crippen LogP contribution in [0.1, 0.15) is 57.1 Å². The summed E-state index contributed by atoms with van der Waals surface area (Å²) in [6, 6.07) is 78.1. The Balaban J connectivity index is 1.21. The third kappa shape index (κ3) is 7.51. The van der Waals surface area contributed by atoms with Gasteiger partial charge in [-0.25, -0.2) is 0 Å². The van der Waals surface area contributed by atoms with Gasteiger partial charge in [-0.15, -0.1) is 0 Å². The lowest BCUT2D eigenvalue weighted by Gasteiger charge is -2.29. The topological polar surface area (TPSA) is 0 Å². The van der Waals surface area contributed by atoms with Crippen LogP contribution in [0.4, 0.5) is 0 Å². The van der Waals surface area contributed by atoms with Crippen LogP contribution in [0.5, 0.6) is 0 Å². The van der Waals surface area contributed by atoms with Crippen molar-refractivity contribution in [2.24, 2.45) is 0 Å². The molecule has 8 aromatic carbocycles. The number of rotatable bonds is 9. The standard InChI is InChI=1S/C58H52P2/c1-41-33-35-49(43-21-9-3-10-22-43)57(59-37-51(45-25-13-5-14-26-45)52(38-59)46-27-15-6-16-28-46)55(41)56-42(2)34-36-50(44-23-11-4-12-24-44)58(56)60-39-53(47-29-17-7-18-30-47)54(40-60)48-31-19-8-20-32-48/h3-36,51-54H,37-40H2,1-2H3. The molecule has 0 nitrogen and oxygen atoms in total. The van der Waals surface area contributed by atoms with Gasteiger partial charge in [0.2, 0.25) is 0 Å². The van der Waals surface area contributed by atoms with Crippen LogP contribution >= 0.6 is 15.8 Å². The Morgan fingerprint density at radius 2 is 0.550 bits per heavy atom. The van der Waals surface area contributed by atoms with E-state index in [0.29, 0.717) is 23.7 Å². The Morgan fingerprint density at radius 3 is 0.817 bits per heavy atom. The van der Waals surface area contributed by atoms with Crippen LogP contribution in [0, 0.1) is 13.8 Å². The largest absolute Gasteiger partial charge is 0.0727 e. The van der Waals surface area contributed by atoms with Gasteiger partial charge < -0.3 is 0 Å². The van der Waals surface area contributed by atoms with Crippen LogP contribution in [0.15, 0.2) is 206 Å². The molecule has 2 aliphatic heterocycles. The van der Waals surface area contributed by atoms with E-state index in [0.717, 1.165) is 0 Å². The highest BCUT2D eigenvalue weighted by Gasteiger charge is 2.42. The molecule has 2 heteroatoms. The van der Waals surface area contributed by atoms with Gasteiger partial charge in [-0.05, 0) is 140 Å². The Bertz CT molecular complexity index is 2390. The van der Waals surface area contributed by atoms with E-state index in [4.69, 9.17) is 0 Å². The first-order valence-electron chi connectivity index (χ1n) is 21.7. The predicted octanol–water partition coefficient (Wildman–Crippen LogP) is 14.7. The van der Waals surface area contributed by atoms with Gasteiger partial charge >= 0.3 is 0 Å². The molecule has 2 fully saturated rings. The lowest BCUT2D eigenvalue weighted by atomic mass is 9.84. The summed E-state index contributed by atoms with van der Waals surface area (Å²) < 4.78 is 0. The molecule has 0 radical (unpaired) electrons. The van der Waals surface area contributed by atoms with Crippen molar-refractivity contribution < 1.29 is 0 Å². The van der Waals surface area contributed by atoms with E-state index in [-0.39, 0.29) is 0 Å². The summed E-state index contributed by atoms with van der Waals surface area (Å²) in [4.78, 5) is 0. The zero-order valence-corrected chi connectivity index (χ0v) is 36.5. The van der Waals surface area contributed by atoms with Crippen molar-refractivity contribution >= 4 is 26.5 Å². The van der Waals surface area contributed by atoms with Gasteiger partial charge in [-0.2, -0.15) is 0 Å². The maximum Gasteiger partial charge on any atom is -0.00473 e. The summed E-state index contributed by atoms with van der Waals surface area (Å²) in [6.45, 7) is 4.81. The van der Waals surface area contributed by atoms with Crippen molar-refractivity contribution in [3.63, 3.8) is 0 Å². The van der Waals surface area contributed by atoms with Crippen molar-refractivity contribution in [2.75, 3.05) is 24.6 Å². The smallest absolute Gasteiger partial charge is 0.00473 e. The van der Waals surface area contributed by atoms with Crippen molar-refractivity contribution in [1.82, 2.24) is 0 Å². The van der Waals surface area contributed by atoms with E-state index in [9.17, 15) is 0 Å². The highest BCUT2D eigenvalue weighted by atomic mass is 31.1. The van der Waals surface area contributed by atoms with Crippen LogP contribution in [-0.4, -0.2) is 24.6 Å². The van der Waals surface area contributed by atoms with Crippen molar-refractivity contribution in [2.45, 2.75) is 37.5 Å². The molecule has 0 bridgehead atoms. The zero-order valence-electron chi connectivity index (χ0n) is 34.7. The molecule has 60 heavy (non-hydrogen) atoms. The second-order valence-corrected chi connectivity index (χ2v) is 21.4. The van der Waals surface area contributed by atoms with E-state index >= 15 is 0 Å². The van der Waals surface area contributed by atoms with Gasteiger partial charge in [-0.3, -0.25) is 0 Å². The Labute approximate surface area is 359 Å². The van der Waals surface area contributed by atoms with Crippen molar-refractivity contribution in [1.29, 1.82) is 0 Å². The zero-order chi connectivity index (χ0) is 40.4. The third-order valence-electron chi connectivity index (χ3n) is 13.4. The molecule has 0 spiro atoms. The fourth-order valence-electron chi connectivity index (χ4n) is 10.5. The first-order chi connectivity index (χ1) is 29.6. The van der Waals surface area contributed by atoms with E-state index in [2.05, 4.69) is 220 Å². The van der Waals surface area contributed by atoms with E-state index in [1.165, 1.54) is 91.4 Å². The molecular weight excluding hydrogens is 759 g/mol. The Morgan fingerprint density at radius 1 is 0.300 bits per heavy atom. The summed E-state index contributed by atoms with van der Waals surface area (Å²) >= 11 is 0. The van der Waals surface area contributed by atoms with Crippen molar-refractivity contribution in [3.8, 4) is 33.4 Å². The summed E-state index contributed by atoms with van der Waals surface area (Å²) in [5.74, 6) is 1.85. The van der Waals surface area contributed by atoms with Crippen molar-refractivity contribution in [3.05, 3.63) is 240 Å². The fraction of sp³-hybridized carbons (Fsp3) is 0.172. The van der Waals surface area contributed by atoms with Crippen LogP contribution in [-0.2, 0) is 0 Å². The molecule has 4 unspecified atom stereocenters. The molecule has 8 aromatic rings. The van der Waals surface area contributed by atoms with Crippen LogP contribution in [0.2, 0.25) is 0 Å². The Kier molecular flexibility index (Phi) is 11.2. The lowest BCUT2D eigenvalue weighted by molar-refractivity contribution is 0.666. The third-order valence-corrected chi connectivity index (χ3v) is 18.9. The quantitative estimate of drug-likeness (QED) is 0.127. The minimum Gasteiger partial charge on any atom is -0.0727 e.